The molecule has 1 rings (SSSR count). The topological polar surface area (TPSA) is 0 Å². The van der Waals surface area contributed by atoms with Crippen LogP contribution in [0.2, 0.25) is 0 Å². The molecule has 0 bridgehead atoms. The van der Waals surface area contributed by atoms with Crippen LogP contribution < -0.4 is 0 Å². The van der Waals surface area contributed by atoms with Gasteiger partial charge in [-0.05, 0) is 12.8 Å². The van der Waals surface area contributed by atoms with E-state index in [2.05, 4.69) is 32.1 Å². The number of rotatable bonds is 3. The first-order valence-electron chi connectivity index (χ1n) is 4.43. The normalized spacial score (nSPS) is 14.9. The van der Waals surface area contributed by atoms with Crippen LogP contribution in [-0.4, -0.2) is 0 Å². The number of unbranched alkanes of at least 4 members (excludes halogenated alkanes) is 1. The van der Waals surface area contributed by atoms with E-state index in [-0.39, 0.29) is 0 Å². The summed E-state index contributed by atoms with van der Waals surface area (Å²) in [6.07, 6.45) is 10.4. The predicted octanol–water partition coefficient (Wildman–Crippen LogP) is 4.64. The van der Waals surface area contributed by atoms with E-state index in [9.17, 15) is 0 Å². The van der Waals surface area contributed by atoms with Gasteiger partial charge in [0, 0.05) is 5.92 Å². The molecule has 0 aliphatic heterocycles. The molecule has 0 amide bonds. The van der Waals surface area contributed by atoms with Crippen LogP contribution in [0.3, 0.4) is 0 Å². The summed E-state index contributed by atoms with van der Waals surface area (Å²) in [7, 11) is 9.78. The van der Waals surface area contributed by atoms with Gasteiger partial charge in [0.2, 0.25) is 0 Å². The number of halogens is 2. The fourth-order valence-electron chi connectivity index (χ4n) is 1.19. The second-order valence-corrected chi connectivity index (χ2v) is 5.49. The van der Waals surface area contributed by atoms with Crippen molar-refractivity contribution in [3.8, 4) is 0 Å². The van der Waals surface area contributed by atoms with Crippen LogP contribution in [0.5, 0.6) is 0 Å². The molecule has 0 saturated carbocycles. The molecule has 3 heteroatoms. The summed E-state index contributed by atoms with van der Waals surface area (Å²) in [5.41, 5.74) is 1.53. The maximum atomic E-state index is 4.89. The zero-order chi connectivity index (χ0) is 10.1. The van der Waals surface area contributed by atoms with Crippen molar-refractivity contribution >= 4 is 18.6 Å². The molecule has 1 aliphatic rings. The number of allylic oxidation sites excluding steroid dienone is 4. The molecule has 0 N–H and O–H groups in total. The van der Waals surface area contributed by atoms with Gasteiger partial charge in [0.15, 0.2) is 0 Å². The Bertz CT molecular complexity index is 176. The Morgan fingerprint density at radius 1 is 1.38 bits per heavy atom. The Labute approximate surface area is 98.1 Å². The molecule has 0 aromatic rings. The molecule has 0 nitrogen and oxygen atoms in total. The third-order valence-electron chi connectivity index (χ3n) is 1.95. The van der Waals surface area contributed by atoms with E-state index in [1.165, 1.54) is 30.8 Å². The van der Waals surface area contributed by atoms with Gasteiger partial charge in [-0.15, -0.1) is 0 Å². The summed E-state index contributed by atoms with van der Waals surface area (Å²) >= 11 is -0.556. The zero-order valence-electron chi connectivity index (χ0n) is 8.11. The summed E-state index contributed by atoms with van der Waals surface area (Å²) in [6.45, 7) is 4.42. The van der Waals surface area contributed by atoms with E-state index in [1.54, 1.807) is 0 Å². The van der Waals surface area contributed by atoms with Gasteiger partial charge >= 0.3 is 35.6 Å². The Morgan fingerprint density at radius 2 is 2.00 bits per heavy atom. The molecule has 1 aliphatic carbocycles. The van der Waals surface area contributed by atoms with Gasteiger partial charge in [-0.3, -0.25) is 0 Å². The molecule has 0 heterocycles. The molecule has 0 aromatic heterocycles. The van der Waals surface area contributed by atoms with Crippen molar-refractivity contribution in [1.29, 1.82) is 0 Å². The molecular formula is C10H15Cl2Ti. The fourth-order valence-corrected chi connectivity index (χ4v) is 1.19. The van der Waals surface area contributed by atoms with Crippen molar-refractivity contribution in [2.45, 2.75) is 33.1 Å². The Morgan fingerprint density at radius 3 is 2.38 bits per heavy atom. The molecule has 0 spiro atoms. The van der Waals surface area contributed by atoms with Crippen molar-refractivity contribution in [3.63, 3.8) is 0 Å². The van der Waals surface area contributed by atoms with E-state index in [1.807, 2.05) is 0 Å². The van der Waals surface area contributed by atoms with Crippen LogP contribution in [0.4, 0.5) is 0 Å². The third kappa shape index (κ3) is 6.79. The van der Waals surface area contributed by atoms with Crippen molar-refractivity contribution in [1.82, 2.24) is 0 Å². The first kappa shape index (κ1) is 13.8. The van der Waals surface area contributed by atoms with Gasteiger partial charge in [-0.2, -0.15) is 0 Å². The van der Waals surface area contributed by atoms with Gasteiger partial charge in [0.1, 0.15) is 0 Å². The van der Waals surface area contributed by atoms with Crippen LogP contribution in [-0.2, 0) is 17.0 Å². The summed E-state index contributed by atoms with van der Waals surface area (Å²) < 4.78 is 0. The molecule has 1 radical (unpaired) electrons. The van der Waals surface area contributed by atoms with Crippen LogP contribution in [0, 0.1) is 5.92 Å². The van der Waals surface area contributed by atoms with E-state index < -0.39 is 17.0 Å². The Balaban J connectivity index is 0.000000424. The molecule has 13 heavy (non-hydrogen) atoms. The summed E-state index contributed by atoms with van der Waals surface area (Å²) in [5.74, 6) is 1.45. The van der Waals surface area contributed by atoms with Crippen LogP contribution in [0.15, 0.2) is 23.8 Å². The van der Waals surface area contributed by atoms with Crippen LogP contribution >= 0.6 is 18.6 Å². The van der Waals surface area contributed by atoms with E-state index >= 15 is 0 Å². The molecule has 0 saturated heterocycles. The number of hydrogen-bond acceptors (Lipinski definition) is 0. The first-order valence-corrected chi connectivity index (χ1v) is 8.73. The molecular weight excluding hydrogens is 239 g/mol. The Kier molecular flexibility index (Phi) is 9.89. The van der Waals surface area contributed by atoms with Crippen molar-refractivity contribution < 1.29 is 17.0 Å². The van der Waals surface area contributed by atoms with Crippen LogP contribution in [0.1, 0.15) is 33.1 Å². The summed E-state index contributed by atoms with van der Waals surface area (Å²) in [6, 6.07) is 0. The van der Waals surface area contributed by atoms with Gasteiger partial charge in [0.25, 0.3) is 0 Å². The predicted molar refractivity (Wildman–Crippen MR) is 57.4 cm³/mol. The Hall–Kier alpha value is 0.774. The first-order chi connectivity index (χ1) is 6.26. The van der Waals surface area contributed by atoms with Gasteiger partial charge in [0.05, 0.1) is 0 Å². The monoisotopic (exact) mass is 253 g/mol. The summed E-state index contributed by atoms with van der Waals surface area (Å²) in [4.78, 5) is 0. The SMILES string of the molecule is CCCCC1=CC=C[C]1C.[Cl][Ti][Cl]. The standard InChI is InChI=1S/C10H15.2ClH.Ti/c1-3-4-7-10-8-5-6-9(10)2;;;/h5-6,8H,3-4,7H2,1-2H3;2*1H;/q;;;+2/p-2. The quantitative estimate of drug-likeness (QED) is 0.643. The van der Waals surface area contributed by atoms with Crippen molar-refractivity contribution in [3.05, 3.63) is 29.7 Å². The second-order valence-electron chi connectivity index (χ2n) is 2.91. The van der Waals surface area contributed by atoms with Gasteiger partial charge < -0.3 is 0 Å². The molecule has 0 aromatic carbocycles. The van der Waals surface area contributed by atoms with Crippen molar-refractivity contribution in [2.24, 2.45) is 0 Å². The fraction of sp³-hybridized carbons (Fsp3) is 0.500. The van der Waals surface area contributed by atoms with E-state index in [0.717, 1.165) is 0 Å². The summed E-state index contributed by atoms with van der Waals surface area (Å²) in [5, 5.41) is 0. The average Bonchev–Trinajstić information content (AvgIpc) is 2.49. The molecule has 0 fully saturated rings. The zero-order valence-corrected chi connectivity index (χ0v) is 11.2. The third-order valence-corrected chi connectivity index (χ3v) is 1.95. The molecule has 0 atom stereocenters. The maximum absolute atomic E-state index is 4.89. The molecule has 73 valence electrons. The molecule has 0 unspecified atom stereocenters. The average molecular weight is 254 g/mol. The van der Waals surface area contributed by atoms with Gasteiger partial charge in [-0.25, -0.2) is 0 Å². The van der Waals surface area contributed by atoms with E-state index in [4.69, 9.17) is 18.6 Å². The number of hydrogen-bond donors (Lipinski definition) is 0. The minimum atomic E-state index is -0.556. The second kappa shape index (κ2) is 9.33. The minimum absolute atomic E-state index is 0.556. The van der Waals surface area contributed by atoms with Gasteiger partial charge in [-0.1, -0.05) is 44.1 Å². The van der Waals surface area contributed by atoms with E-state index in [0.29, 0.717) is 0 Å². The van der Waals surface area contributed by atoms with Crippen molar-refractivity contribution in [2.75, 3.05) is 0 Å². The van der Waals surface area contributed by atoms with Crippen LogP contribution in [0.25, 0.3) is 0 Å².